The second-order valence-corrected chi connectivity index (χ2v) is 5.83. The van der Waals surface area contributed by atoms with Crippen LogP contribution in [0, 0.1) is 0 Å². The fraction of sp³-hybridized carbons (Fsp3) is 0.389. The molecule has 0 unspecified atom stereocenters. The van der Waals surface area contributed by atoms with Gasteiger partial charge in [-0.15, -0.1) is 0 Å². The Morgan fingerprint density at radius 2 is 1.88 bits per heavy atom. The summed E-state index contributed by atoms with van der Waals surface area (Å²) >= 11 is 0. The maximum Gasteiger partial charge on any atom is 0.223 e. The van der Waals surface area contributed by atoms with Gasteiger partial charge in [-0.1, -0.05) is 30.3 Å². The van der Waals surface area contributed by atoms with Crippen molar-refractivity contribution < 1.29 is 4.79 Å². The van der Waals surface area contributed by atoms with Gasteiger partial charge < -0.3 is 15.1 Å². The van der Waals surface area contributed by atoms with Gasteiger partial charge in [-0.2, -0.15) is 0 Å². The molecule has 1 aliphatic heterocycles. The van der Waals surface area contributed by atoms with Crippen LogP contribution in [-0.4, -0.2) is 60.5 Å². The number of benzene rings is 1. The summed E-state index contributed by atoms with van der Waals surface area (Å²) in [4.78, 5) is 25.3. The SMILES string of the molecule is CNCCC(=O)N1CCN(c2ccnc(-c3ccccc3)n2)CC1. The molecule has 0 saturated carbocycles. The highest BCUT2D eigenvalue weighted by molar-refractivity contribution is 5.76. The molecule has 0 aliphatic carbocycles. The number of carbonyl (C=O) groups is 1. The smallest absolute Gasteiger partial charge is 0.223 e. The first-order valence-corrected chi connectivity index (χ1v) is 8.34. The number of hydrogen-bond donors (Lipinski definition) is 1. The molecule has 24 heavy (non-hydrogen) atoms. The Kier molecular flexibility index (Phi) is 5.38. The number of nitrogens with zero attached hydrogens (tertiary/aromatic N) is 4. The van der Waals surface area contributed by atoms with Crippen molar-refractivity contribution in [3.05, 3.63) is 42.6 Å². The predicted molar refractivity (Wildman–Crippen MR) is 94.8 cm³/mol. The van der Waals surface area contributed by atoms with Crippen molar-refractivity contribution in [1.82, 2.24) is 20.2 Å². The first-order chi connectivity index (χ1) is 11.8. The minimum atomic E-state index is 0.219. The van der Waals surface area contributed by atoms with E-state index in [1.165, 1.54) is 0 Å². The molecule has 1 aliphatic rings. The van der Waals surface area contributed by atoms with Gasteiger partial charge >= 0.3 is 0 Å². The Morgan fingerprint density at radius 1 is 1.12 bits per heavy atom. The van der Waals surface area contributed by atoms with Crippen LogP contribution in [0.2, 0.25) is 0 Å². The number of nitrogens with one attached hydrogen (secondary N) is 1. The van der Waals surface area contributed by atoms with E-state index in [2.05, 4.69) is 20.2 Å². The lowest BCUT2D eigenvalue weighted by atomic mass is 10.2. The van der Waals surface area contributed by atoms with Crippen LogP contribution in [0.4, 0.5) is 5.82 Å². The number of amides is 1. The van der Waals surface area contributed by atoms with Gasteiger partial charge in [0.05, 0.1) is 0 Å². The van der Waals surface area contributed by atoms with Gasteiger partial charge in [0.1, 0.15) is 5.82 Å². The Labute approximate surface area is 142 Å². The second-order valence-electron chi connectivity index (χ2n) is 5.83. The molecule has 1 aromatic heterocycles. The number of carbonyl (C=O) groups excluding carboxylic acids is 1. The largest absolute Gasteiger partial charge is 0.353 e. The summed E-state index contributed by atoms with van der Waals surface area (Å²) in [5.74, 6) is 1.88. The van der Waals surface area contributed by atoms with E-state index in [1.807, 2.05) is 48.3 Å². The summed E-state index contributed by atoms with van der Waals surface area (Å²) < 4.78 is 0. The number of aromatic nitrogens is 2. The highest BCUT2D eigenvalue weighted by Gasteiger charge is 2.21. The van der Waals surface area contributed by atoms with E-state index in [0.717, 1.165) is 49.9 Å². The first kappa shape index (κ1) is 16.4. The zero-order valence-corrected chi connectivity index (χ0v) is 14.0. The number of rotatable bonds is 5. The molecule has 3 rings (SSSR count). The molecule has 1 fully saturated rings. The van der Waals surface area contributed by atoms with E-state index in [-0.39, 0.29) is 5.91 Å². The summed E-state index contributed by atoms with van der Waals surface area (Å²) in [7, 11) is 1.87. The second kappa shape index (κ2) is 7.88. The van der Waals surface area contributed by atoms with E-state index in [9.17, 15) is 4.79 Å². The van der Waals surface area contributed by atoms with Crippen molar-refractivity contribution in [3.63, 3.8) is 0 Å². The van der Waals surface area contributed by atoms with E-state index in [1.54, 1.807) is 6.20 Å². The van der Waals surface area contributed by atoms with Gasteiger partial charge in [-0.3, -0.25) is 4.79 Å². The molecular formula is C18H23N5O. The van der Waals surface area contributed by atoms with Gasteiger partial charge in [0.2, 0.25) is 5.91 Å². The van der Waals surface area contributed by atoms with Crippen molar-refractivity contribution in [3.8, 4) is 11.4 Å². The lowest BCUT2D eigenvalue weighted by Gasteiger charge is -2.35. The molecule has 2 aromatic rings. The molecule has 1 N–H and O–H groups in total. The summed E-state index contributed by atoms with van der Waals surface area (Å²) in [6, 6.07) is 11.9. The van der Waals surface area contributed by atoms with Crippen LogP contribution < -0.4 is 10.2 Å². The normalized spacial score (nSPS) is 14.7. The average molecular weight is 325 g/mol. The molecule has 1 saturated heterocycles. The molecule has 0 radical (unpaired) electrons. The quantitative estimate of drug-likeness (QED) is 0.900. The lowest BCUT2D eigenvalue weighted by molar-refractivity contribution is -0.131. The zero-order valence-electron chi connectivity index (χ0n) is 14.0. The summed E-state index contributed by atoms with van der Waals surface area (Å²) in [5, 5.41) is 3.02. The Bertz CT molecular complexity index is 668. The molecule has 6 heteroatoms. The van der Waals surface area contributed by atoms with E-state index >= 15 is 0 Å². The topological polar surface area (TPSA) is 61.4 Å². The third-order valence-corrected chi connectivity index (χ3v) is 4.22. The van der Waals surface area contributed by atoms with Gasteiger partial charge in [0.25, 0.3) is 0 Å². The monoisotopic (exact) mass is 325 g/mol. The van der Waals surface area contributed by atoms with Crippen LogP contribution in [0.5, 0.6) is 0 Å². The molecule has 0 spiro atoms. The Morgan fingerprint density at radius 3 is 2.58 bits per heavy atom. The molecule has 1 aromatic carbocycles. The van der Waals surface area contributed by atoms with Crippen molar-refractivity contribution >= 4 is 11.7 Å². The zero-order chi connectivity index (χ0) is 16.8. The van der Waals surface area contributed by atoms with Crippen LogP contribution in [0.3, 0.4) is 0 Å². The number of hydrogen-bond acceptors (Lipinski definition) is 5. The Hall–Kier alpha value is -2.47. The molecule has 0 bridgehead atoms. The summed E-state index contributed by atoms with van der Waals surface area (Å²) in [5.41, 5.74) is 1.01. The lowest BCUT2D eigenvalue weighted by Crippen LogP contribution is -2.49. The van der Waals surface area contributed by atoms with Crippen molar-refractivity contribution in [2.45, 2.75) is 6.42 Å². The van der Waals surface area contributed by atoms with Crippen LogP contribution >= 0.6 is 0 Å². The van der Waals surface area contributed by atoms with Crippen LogP contribution in [0.15, 0.2) is 42.6 Å². The molecular weight excluding hydrogens is 302 g/mol. The summed E-state index contributed by atoms with van der Waals surface area (Å²) in [6.07, 6.45) is 2.36. The van der Waals surface area contributed by atoms with E-state index in [4.69, 9.17) is 0 Å². The van der Waals surface area contributed by atoms with Gasteiger partial charge in [-0.05, 0) is 13.1 Å². The maximum atomic E-state index is 12.1. The molecule has 6 nitrogen and oxygen atoms in total. The van der Waals surface area contributed by atoms with Gasteiger partial charge in [0.15, 0.2) is 5.82 Å². The van der Waals surface area contributed by atoms with Crippen molar-refractivity contribution in [1.29, 1.82) is 0 Å². The maximum absolute atomic E-state index is 12.1. The number of anilines is 1. The fourth-order valence-corrected chi connectivity index (χ4v) is 2.83. The minimum Gasteiger partial charge on any atom is -0.353 e. The third-order valence-electron chi connectivity index (χ3n) is 4.22. The molecule has 126 valence electrons. The molecule has 1 amide bonds. The average Bonchev–Trinajstić information content (AvgIpc) is 2.67. The standard InChI is InChI=1S/C18H23N5O/c1-19-9-8-17(24)23-13-11-22(12-14-23)16-7-10-20-18(21-16)15-5-3-2-4-6-15/h2-7,10,19H,8-9,11-14H2,1H3. The first-order valence-electron chi connectivity index (χ1n) is 8.34. The predicted octanol–water partition coefficient (Wildman–Crippen LogP) is 1.40. The van der Waals surface area contributed by atoms with Crippen molar-refractivity contribution in [2.75, 3.05) is 44.7 Å². The summed E-state index contributed by atoms with van der Waals surface area (Å²) in [6.45, 7) is 3.82. The number of piperazine rings is 1. The van der Waals surface area contributed by atoms with E-state index < -0.39 is 0 Å². The van der Waals surface area contributed by atoms with Gasteiger partial charge in [-0.25, -0.2) is 9.97 Å². The molecule has 0 atom stereocenters. The third kappa shape index (κ3) is 3.89. The van der Waals surface area contributed by atoms with Crippen LogP contribution in [-0.2, 0) is 4.79 Å². The fourth-order valence-electron chi connectivity index (χ4n) is 2.83. The molecule has 2 heterocycles. The Balaban J connectivity index is 1.64. The highest BCUT2D eigenvalue weighted by Crippen LogP contribution is 2.19. The van der Waals surface area contributed by atoms with Crippen LogP contribution in [0.25, 0.3) is 11.4 Å². The van der Waals surface area contributed by atoms with E-state index in [0.29, 0.717) is 6.42 Å². The van der Waals surface area contributed by atoms with Crippen LogP contribution in [0.1, 0.15) is 6.42 Å². The van der Waals surface area contributed by atoms with Gasteiger partial charge in [0, 0.05) is 50.9 Å². The highest BCUT2D eigenvalue weighted by atomic mass is 16.2. The minimum absolute atomic E-state index is 0.219. The van der Waals surface area contributed by atoms with Crippen molar-refractivity contribution in [2.24, 2.45) is 0 Å².